The van der Waals surface area contributed by atoms with Crippen molar-refractivity contribution in [2.24, 2.45) is 0 Å². The van der Waals surface area contributed by atoms with Gasteiger partial charge in [-0.2, -0.15) is 0 Å². The summed E-state index contributed by atoms with van der Waals surface area (Å²) in [4.78, 5) is 15.8. The van der Waals surface area contributed by atoms with Crippen LogP contribution < -0.4 is 4.74 Å². The minimum Gasteiger partial charge on any atom is -0.480 e. The van der Waals surface area contributed by atoms with Gasteiger partial charge in [-0.15, -0.1) is 0 Å². The Labute approximate surface area is 94.6 Å². The predicted octanol–water partition coefficient (Wildman–Crippen LogP) is 1.41. The third kappa shape index (κ3) is 2.07. The first kappa shape index (κ1) is 11.1. The summed E-state index contributed by atoms with van der Waals surface area (Å²) in [6.45, 7) is 2.90. The molecule has 0 saturated carbocycles. The highest BCUT2D eigenvalue weighted by atomic mass is 16.5. The third-order valence-corrected chi connectivity index (χ3v) is 2.73. The van der Waals surface area contributed by atoms with E-state index in [9.17, 15) is 4.79 Å². The molecule has 0 radical (unpaired) electrons. The Morgan fingerprint density at radius 3 is 2.88 bits per heavy atom. The van der Waals surface area contributed by atoms with E-state index in [1.807, 2.05) is 6.07 Å². The highest BCUT2D eigenvalue weighted by Crippen LogP contribution is 2.22. The fourth-order valence-corrected chi connectivity index (χ4v) is 1.87. The van der Waals surface area contributed by atoms with E-state index in [1.54, 1.807) is 0 Å². The van der Waals surface area contributed by atoms with E-state index >= 15 is 0 Å². The maximum atomic E-state index is 11.4. The van der Waals surface area contributed by atoms with Crippen LogP contribution in [0.2, 0.25) is 0 Å². The number of nitrogens with zero attached hydrogens (tertiary/aromatic N) is 1. The topological polar surface area (TPSA) is 48.4 Å². The van der Waals surface area contributed by atoms with E-state index in [0.29, 0.717) is 24.7 Å². The fourth-order valence-electron chi connectivity index (χ4n) is 1.87. The van der Waals surface area contributed by atoms with Crippen LogP contribution in [-0.4, -0.2) is 31.1 Å². The SMILES string of the molecule is COc1nc2c(cc1C(C)=O)CCOCC2. The quantitative estimate of drug-likeness (QED) is 0.708. The maximum Gasteiger partial charge on any atom is 0.224 e. The lowest BCUT2D eigenvalue weighted by Crippen LogP contribution is -2.06. The highest BCUT2D eigenvalue weighted by molar-refractivity contribution is 5.96. The number of hydrogen-bond donors (Lipinski definition) is 0. The van der Waals surface area contributed by atoms with Crippen LogP contribution in [0, 0.1) is 0 Å². The molecule has 0 fully saturated rings. The average molecular weight is 221 g/mol. The molecule has 0 spiro atoms. The van der Waals surface area contributed by atoms with Gasteiger partial charge in [-0.1, -0.05) is 0 Å². The maximum absolute atomic E-state index is 11.4. The van der Waals surface area contributed by atoms with Gasteiger partial charge in [0.15, 0.2) is 5.78 Å². The molecule has 1 aliphatic heterocycles. The number of carbonyl (C=O) groups excluding carboxylic acids is 1. The number of hydrogen-bond acceptors (Lipinski definition) is 4. The van der Waals surface area contributed by atoms with Crippen molar-refractivity contribution in [1.82, 2.24) is 4.98 Å². The Morgan fingerprint density at radius 1 is 1.44 bits per heavy atom. The van der Waals surface area contributed by atoms with Gasteiger partial charge >= 0.3 is 0 Å². The lowest BCUT2D eigenvalue weighted by atomic mass is 10.0. The van der Waals surface area contributed by atoms with Crippen LogP contribution >= 0.6 is 0 Å². The van der Waals surface area contributed by atoms with E-state index in [0.717, 1.165) is 24.1 Å². The molecule has 1 aromatic rings. The molecule has 1 aromatic heterocycles. The van der Waals surface area contributed by atoms with Crippen LogP contribution in [0.1, 0.15) is 28.5 Å². The summed E-state index contributed by atoms with van der Waals surface area (Å²) < 4.78 is 10.5. The normalized spacial score (nSPS) is 15.1. The summed E-state index contributed by atoms with van der Waals surface area (Å²) in [6, 6.07) is 1.89. The van der Waals surface area contributed by atoms with Crippen molar-refractivity contribution in [3.8, 4) is 5.88 Å². The standard InChI is InChI=1S/C12H15NO3/c1-8(14)10-7-9-3-5-16-6-4-11(9)13-12(10)15-2/h7H,3-6H2,1-2H3. The summed E-state index contributed by atoms with van der Waals surface area (Å²) in [5.41, 5.74) is 2.64. The molecule has 4 heteroatoms. The first-order valence-electron chi connectivity index (χ1n) is 5.38. The highest BCUT2D eigenvalue weighted by Gasteiger charge is 2.16. The second-order valence-electron chi connectivity index (χ2n) is 3.82. The van der Waals surface area contributed by atoms with Crippen molar-refractivity contribution in [2.75, 3.05) is 20.3 Å². The van der Waals surface area contributed by atoms with Gasteiger partial charge < -0.3 is 9.47 Å². The van der Waals surface area contributed by atoms with Gasteiger partial charge in [0.25, 0.3) is 0 Å². The number of pyridine rings is 1. The molecule has 4 nitrogen and oxygen atoms in total. The molecule has 16 heavy (non-hydrogen) atoms. The molecule has 0 N–H and O–H groups in total. The lowest BCUT2D eigenvalue weighted by molar-refractivity contribution is 0.101. The monoisotopic (exact) mass is 221 g/mol. The molecule has 0 amide bonds. The Kier molecular flexibility index (Phi) is 3.19. The summed E-state index contributed by atoms with van der Waals surface area (Å²) >= 11 is 0. The van der Waals surface area contributed by atoms with Crippen molar-refractivity contribution in [1.29, 1.82) is 0 Å². The van der Waals surface area contributed by atoms with Crippen molar-refractivity contribution in [3.05, 3.63) is 22.9 Å². The Hall–Kier alpha value is -1.42. The molecule has 0 aromatic carbocycles. The number of Topliss-reactive ketones (excluding diaryl/α,β-unsaturated/α-hetero) is 1. The summed E-state index contributed by atoms with van der Waals surface area (Å²) in [6.07, 6.45) is 1.59. The molecule has 1 aliphatic rings. The van der Waals surface area contributed by atoms with Crippen molar-refractivity contribution < 1.29 is 14.3 Å². The summed E-state index contributed by atoms with van der Waals surface area (Å²) in [5.74, 6) is 0.408. The van der Waals surface area contributed by atoms with E-state index in [1.165, 1.54) is 14.0 Å². The number of aromatic nitrogens is 1. The zero-order valence-corrected chi connectivity index (χ0v) is 9.58. The molecule has 0 atom stereocenters. The Bertz CT molecular complexity index is 415. The molecule has 0 saturated heterocycles. The molecule has 0 bridgehead atoms. The molecular weight excluding hydrogens is 206 g/mol. The minimum atomic E-state index is -0.0164. The second-order valence-corrected chi connectivity index (χ2v) is 3.82. The predicted molar refractivity (Wildman–Crippen MR) is 59.0 cm³/mol. The second kappa shape index (κ2) is 4.61. The molecule has 0 aliphatic carbocycles. The van der Waals surface area contributed by atoms with Gasteiger partial charge in [-0.05, 0) is 25.0 Å². The van der Waals surface area contributed by atoms with Crippen LogP contribution in [-0.2, 0) is 17.6 Å². The molecule has 2 heterocycles. The van der Waals surface area contributed by atoms with Gasteiger partial charge in [0.2, 0.25) is 5.88 Å². The fraction of sp³-hybridized carbons (Fsp3) is 0.500. The minimum absolute atomic E-state index is 0.0164. The van der Waals surface area contributed by atoms with Crippen molar-refractivity contribution in [2.45, 2.75) is 19.8 Å². The smallest absolute Gasteiger partial charge is 0.224 e. The average Bonchev–Trinajstić information content (AvgIpc) is 2.51. The zero-order chi connectivity index (χ0) is 11.5. The largest absolute Gasteiger partial charge is 0.480 e. The zero-order valence-electron chi connectivity index (χ0n) is 9.58. The molecule has 86 valence electrons. The van der Waals surface area contributed by atoms with E-state index in [2.05, 4.69) is 4.98 Å². The Morgan fingerprint density at radius 2 is 2.19 bits per heavy atom. The number of fused-ring (bicyclic) bond motifs is 1. The van der Waals surface area contributed by atoms with Gasteiger partial charge in [-0.25, -0.2) is 4.98 Å². The number of ketones is 1. The van der Waals surface area contributed by atoms with E-state index in [4.69, 9.17) is 9.47 Å². The lowest BCUT2D eigenvalue weighted by Gasteiger charge is -2.10. The van der Waals surface area contributed by atoms with Gasteiger partial charge in [0.05, 0.1) is 31.6 Å². The molecular formula is C12H15NO3. The van der Waals surface area contributed by atoms with Gasteiger partial charge in [0, 0.05) is 6.42 Å². The van der Waals surface area contributed by atoms with Crippen LogP contribution in [0.25, 0.3) is 0 Å². The number of ether oxygens (including phenoxy) is 2. The van der Waals surface area contributed by atoms with Crippen LogP contribution in [0.3, 0.4) is 0 Å². The van der Waals surface area contributed by atoms with Crippen LogP contribution in [0.15, 0.2) is 6.07 Å². The first-order valence-corrected chi connectivity index (χ1v) is 5.38. The summed E-state index contributed by atoms with van der Waals surface area (Å²) in [5, 5.41) is 0. The van der Waals surface area contributed by atoms with E-state index in [-0.39, 0.29) is 5.78 Å². The Balaban J connectivity index is 2.48. The number of carbonyl (C=O) groups is 1. The van der Waals surface area contributed by atoms with Crippen molar-refractivity contribution in [3.63, 3.8) is 0 Å². The van der Waals surface area contributed by atoms with Crippen LogP contribution in [0.4, 0.5) is 0 Å². The number of methoxy groups -OCH3 is 1. The summed E-state index contributed by atoms with van der Waals surface area (Å²) in [7, 11) is 1.54. The van der Waals surface area contributed by atoms with Crippen molar-refractivity contribution >= 4 is 5.78 Å². The number of rotatable bonds is 2. The third-order valence-electron chi connectivity index (χ3n) is 2.73. The molecule has 0 unspecified atom stereocenters. The first-order chi connectivity index (χ1) is 7.72. The van der Waals surface area contributed by atoms with Gasteiger partial charge in [0.1, 0.15) is 0 Å². The molecule has 2 rings (SSSR count). The van der Waals surface area contributed by atoms with Crippen LogP contribution in [0.5, 0.6) is 5.88 Å². The van der Waals surface area contributed by atoms with Gasteiger partial charge in [-0.3, -0.25) is 4.79 Å². The van der Waals surface area contributed by atoms with E-state index < -0.39 is 0 Å².